The molecule has 0 radical (unpaired) electrons. The smallest absolute Gasteiger partial charge is 0.200 e. The van der Waals surface area contributed by atoms with Crippen LogP contribution in [0.1, 0.15) is 15.9 Å². The van der Waals surface area contributed by atoms with Crippen molar-refractivity contribution < 1.29 is 19.4 Å². The highest BCUT2D eigenvalue weighted by molar-refractivity contribution is 6.10. The van der Waals surface area contributed by atoms with E-state index in [1.807, 2.05) is 0 Å². The number of hydrogen-bond donors (Lipinski definition) is 1. The minimum Gasteiger partial charge on any atom is -0.507 e. The lowest BCUT2D eigenvalue weighted by atomic mass is 10.0. The van der Waals surface area contributed by atoms with Crippen LogP contribution in [-0.4, -0.2) is 25.1 Å². The van der Waals surface area contributed by atoms with E-state index in [1.54, 1.807) is 30.3 Å². The van der Waals surface area contributed by atoms with Crippen LogP contribution in [0.4, 0.5) is 0 Å². The normalized spacial score (nSPS) is 10.0. The zero-order valence-electron chi connectivity index (χ0n) is 11.6. The Morgan fingerprint density at radius 1 is 1.00 bits per heavy atom. The van der Waals surface area contributed by atoms with Crippen LogP contribution in [0.2, 0.25) is 0 Å². The first-order valence-electron chi connectivity index (χ1n) is 6.17. The van der Waals surface area contributed by atoms with Crippen LogP contribution in [0, 0.1) is 0 Å². The molecule has 2 rings (SSSR count). The SMILES string of the molecule is COc1cc(O)c(C(=O)c2ccccc2)c(=O)cc1OC. The molecular formula is C16H14O5. The summed E-state index contributed by atoms with van der Waals surface area (Å²) < 4.78 is 10.1. The van der Waals surface area contributed by atoms with Gasteiger partial charge in [-0.05, 0) is 0 Å². The lowest BCUT2D eigenvalue weighted by molar-refractivity contribution is 0.103. The topological polar surface area (TPSA) is 72.8 Å². The molecule has 2 aromatic carbocycles. The molecule has 0 unspecified atom stereocenters. The predicted octanol–water partition coefficient (Wildman–Crippen LogP) is 2.00. The number of carbonyl (C=O) groups is 1. The molecule has 0 bridgehead atoms. The Morgan fingerprint density at radius 2 is 1.57 bits per heavy atom. The molecule has 0 aliphatic heterocycles. The molecule has 1 N–H and O–H groups in total. The van der Waals surface area contributed by atoms with E-state index >= 15 is 0 Å². The van der Waals surface area contributed by atoms with Gasteiger partial charge in [0.1, 0.15) is 11.3 Å². The zero-order chi connectivity index (χ0) is 15.4. The highest BCUT2D eigenvalue weighted by Gasteiger charge is 2.19. The summed E-state index contributed by atoms with van der Waals surface area (Å²) in [5.74, 6) is -0.698. The monoisotopic (exact) mass is 286 g/mol. The van der Waals surface area contributed by atoms with Gasteiger partial charge in [-0.3, -0.25) is 9.59 Å². The highest BCUT2D eigenvalue weighted by Crippen LogP contribution is 2.29. The van der Waals surface area contributed by atoms with Crippen LogP contribution in [0.3, 0.4) is 0 Å². The lowest BCUT2D eigenvalue weighted by Gasteiger charge is -2.02. The molecule has 0 saturated carbocycles. The molecule has 21 heavy (non-hydrogen) atoms. The number of methoxy groups -OCH3 is 2. The molecule has 0 aliphatic carbocycles. The Labute approximate surface area is 121 Å². The molecule has 5 nitrogen and oxygen atoms in total. The van der Waals surface area contributed by atoms with Crippen molar-refractivity contribution in [3.05, 3.63) is 63.8 Å². The molecule has 0 aromatic heterocycles. The first-order chi connectivity index (χ1) is 10.1. The van der Waals surface area contributed by atoms with Gasteiger partial charge in [-0.15, -0.1) is 0 Å². The van der Waals surface area contributed by atoms with Crippen LogP contribution in [0.15, 0.2) is 47.3 Å². The van der Waals surface area contributed by atoms with Crippen molar-refractivity contribution in [1.29, 1.82) is 0 Å². The Bertz CT molecular complexity index is 723. The summed E-state index contributed by atoms with van der Waals surface area (Å²) in [7, 11) is 2.74. The van der Waals surface area contributed by atoms with Gasteiger partial charge in [0.05, 0.1) is 14.2 Å². The first-order valence-corrected chi connectivity index (χ1v) is 6.17. The van der Waals surface area contributed by atoms with Crippen LogP contribution in [-0.2, 0) is 0 Å². The molecule has 0 fully saturated rings. The maximum absolute atomic E-state index is 12.4. The van der Waals surface area contributed by atoms with Crippen molar-refractivity contribution in [1.82, 2.24) is 0 Å². The van der Waals surface area contributed by atoms with E-state index in [1.165, 1.54) is 20.3 Å². The second-order valence-corrected chi connectivity index (χ2v) is 4.25. The fourth-order valence-corrected chi connectivity index (χ4v) is 1.94. The second-order valence-electron chi connectivity index (χ2n) is 4.25. The molecule has 0 heterocycles. The number of hydrogen-bond acceptors (Lipinski definition) is 5. The van der Waals surface area contributed by atoms with E-state index in [9.17, 15) is 14.7 Å². The Kier molecular flexibility index (Phi) is 4.23. The van der Waals surface area contributed by atoms with Crippen molar-refractivity contribution in [2.45, 2.75) is 0 Å². The standard InChI is InChI=1S/C16H14O5/c1-20-13-8-11(17)15(12(18)9-14(13)21-2)16(19)10-6-4-3-5-7-10/h3-9,17H,1-2H3. The van der Waals surface area contributed by atoms with E-state index in [0.717, 1.165) is 6.07 Å². The summed E-state index contributed by atoms with van der Waals surface area (Å²) in [6.45, 7) is 0. The van der Waals surface area contributed by atoms with Gasteiger partial charge in [-0.2, -0.15) is 0 Å². The first kappa shape index (κ1) is 14.6. The highest BCUT2D eigenvalue weighted by atomic mass is 16.5. The molecular weight excluding hydrogens is 272 g/mol. The average molecular weight is 286 g/mol. The minimum atomic E-state index is -0.637. The van der Waals surface area contributed by atoms with Crippen molar-refractivity contribution in [3.8, 4) is 17.2 Å². The number of carbonyl (C=O) groups excluding carboxylic acids is 1. The molecule has 0 spiro atoms. The number of aromatic hydroxyl groups is 1. The quantitative estimate of drug-likeness (QED) is 0.870. The van der Waals surface area contributed by atoms with Gasteiger partial charge in [-0.25, -0.2) is 0 Å². The maximum Gasteiger partial charge on any atom is 0.200 e. The van der Waals surface area contributed by atoms with Crippen LogP contribution in [0.5, 0.6) is 17.2 Å². The van der Waals surface area contributed by atoms with E-state index in [-0.39, 0.29) is 17.1 Å². The molecule has 0 amide bonds. The Balaban J connectivity index is 2.68. The Morgan fingerprint density at radius 3 is 2.14 bits per heavy atom. The number of ketones is 1. The average Bonchev–Trinajstić information content (AvgIpc) is 2.63. The summed E-state index contributed by atoms with van der Waals surface area (Å²) in [4.78, 5) is 24.6. The Hall–Kier alpha value is -2.82. The molecule has 0 aliphatic rings. The van der Waals surface area contributed by atoms with Crippen LogP contribution in [0.25, 0.3) is 0 Å². The van der Waals surface area contributed by atoms with E-state index in [4.69, 9.17) is 9.47 Å². The fourth-order valence-electron chi connectivity index (χ4n) is 1.94. The molecule has 0 saturated heterocycles. The lowest BCUT2D eigenvalue weighted by Crippen LogP contribution is -2.13. The summed E-state index contributed by atoms with van der Waals surface area (Å²) in [6.07, 6.45) is 0. The van der Waals surface area contributed by atoms with Gasteiger partial charge in [0.2, 0.25) is 5.78 Å². The summed E-state index contributed by atoms with van der Waals surface area (Å²) in [5, 5.41) is 10.1. The fraction of sp³-hybridized carbons (Fsp3) is 0.125. The second kappa shape index (κ2) is 6.09. The zero-order valence-corrected chi connectivity index (χ0v) is 11.6. The van der Waals surface area contributed by atoms with Gasteiger partial charge < -0.3 is 14.6 Å². The summed E-state index contributed by atoms with van der Waals surface area (Å²) in [5.41, 5.74) is -0.640. The van der Waals surface area contributed by atoms with Crippen LogP contribution >= 0.6 is 0 Å². The van der Waals surface area contributed by atoms with Gasteiger partial charge in [0.25, 0.3) is 0 Å². The van der Waals surface area contributed by atoms with E-state index in [2.05, 4.69) is 0 Å². The van der Waals surface area contributed by atoms with Gasteiger partial charge in [-0.1, -0.05) is 30.3 Å². The van der Waals surface area contributed by atoms with Gasteiger partial charge in [0.15, 0.2) is 16.9 Å². The minimum absolute atomic E-state index is 0.143. The largest absolute Gasteiger partial charge is 0.507 e. The van der Waals surface area contributed by atoms with Gasteiger partial charge in [0, 0.05) is 17.7 Å². The molecule has 0 atom stereocenters. The number of benzene rings is 1. The van der Waals surface area contributed by atoms with Crippen molar-refractivity contribution >= 4 is 5.78 Å². The molecule has 5 heteroatoms. The third-order valence-corrected chi connectivity index (χ3v) is 2.98. The van der Waals surface area contributed by atoms with Crippen molar-refractivity contribution in [2.24, 2.45) is 0 Å². The number of ether oxygens (including phenoxy) is 2. The van der Waals surface area contributed by atoms with Gasteiger partial charge >= 0.3 is 0 Å². The molecule has 108 valence electrons. The third-order valence-electron chi connectivity index (χ3n) is 2.98. The van der Waals surface area contributed by atoms with Crippen molar-refractivity contribution in [2.75, 3.05) is 14.2 Å². The molecule has 2 aromatic rings. The predicted molar refractivity (Wildman–Crippen MR) is 77.4 cm³/mol. The van der Waals surface area contributed by atoms with Crippen LogP contribution < -0.4 is 14.9 Å². The van der Waals surface area contributed by atoms with E-state index < -0.39 is 17.0 Å². The summed E-state index contributed by atoms with van der Waals surface area (Å²) in [6, 6.07) is 10.6. The number of rotatable bonds is 4. The third kappa shape index (κ3) is 2.86. The van der Waals surface area contributed by atoms with Crippen molar-refractivity contribution in [3.63, 3.8) is 0 Å². The maximum atomic E-state index is 12.4. The summed E-state index contributed by atoms with van der Waals surface area (Å²) >= 11 is 0. The van der Waals surface area contributed by atoms with E-state index in [0.29, 0.717) is 5.56 Å².